The van der Waals surface area contributed by atoms with Gasteiger partial charge in [0.15, 0.2) is 11.6 Å². The molecule has 2 fully saturated rings. The van der Waals surface area contributed by atoms with Gasteiger partial charge in [-0.25, -0.2) is 0 Å². The van der Waals surface area contributed by atoms with Crippen molar-refractivity contribution in [1.29, 1.82) is 0 Å². The summed E-state index contributed by atoms with van der Waals surface area (Å²) < 4.78 is 11.0. The molecular weight excluding hydrogens is 452 g/mol. The number of rotatable bonds is 6. The van der Waals surface area contributed by atoms with E-state index in [4.69, 9.17) is 9.47 Å². The smallest absolute Gasteiger partial charge is 0.182 e. The van der Waals surface area contributed by atoms with Crippen LogP contribution in [-0.2, 0) is 9.47 Å². The average Bonchev–Trinajstić information content (AvgIpc) is 3.19. The van der Waals surface area contributed by atoms with Gasteiger partial charge in [0, 0.05) is 43.2 Å². The lowest BCUT2D eigenvalue weighted by molar-refractivity contribution is -0.00443. The Kier molecular flexibility index (Phi) is 6.66. The molecule has 0 aromatic heterocycles. The van der Waals surface area contributed by atoms with E-state index in [9.17, 15) is 9.59 Å². The van der Waals surface area contributed by atoms with Crippen LogP contribution >= 0.6 is 0 Å². The molecule has 0 amide bonds. The minimum absolute atomic E-state index is 0.119. The highest BCUT2D eigenvalue weighted by molar-refractivity contribution is 6.06. The largest absolute Gasteiger partial charge is 0.379 e. The first-order chi connectivity index (χ1) is 17.1. The monoisotopic (exact) mass is 490 g/mol. The quantitative estimate of drug-likeness (QED) is 0.560. The van der Waals surface area contributed by atoms with Gasteiger partial charge in [-0.05, 0) is 62.1 Å². The number of benzene rings is 2. The minimum Gasteiger partial charge on any atom is -0.379 e. The third-order valence-electron chi connectivity index (χ3n) is 8.57. The standard InChI is InChI=1S/C30H38N2O4/c1-20-23-8-6-21(27(33)29(2,3)31-10-14-35-15-11-31)18-25(23)26-19-22(7-9-24(20)26)28(34)30(4,5)32-12-16-36-17-13-32/h6-9,18-20H,10-17H2,1-5H3. The van der Waals surface area contributed by atoms with Gasteiger partial charge in [-0.2, -0.15) is 0 Å². The van der Waals surface area contributed by atoms with Crippen LogP contribution in [0.1, 0.15) is 72.4 Å². The topological polar surface area (TPSA) is 59.1 Å². The number of morpholine rings is 2. The summed E-state index contributed by atoms with van der Waals surface area (Å²) in [5.41, 5.74) is 4.78. The minimum atomic E-state index is -0.606. The zero-order valence-electron chi connectivity index (χ0n) is 22.2. The van der Waals surface area contributed by atoms with E-state index < -0.39 is 11.1 Å². The van der Waals surface area contributed by atoms with Crippen LogP contribution in [0.2, 0.25) is 0 Å². The molecule has 0 unspecified atom stereocenters. The maximum absolute atomic E-state index is 13.7. The summed E-state index contributed by atoms with van der Waals surface area (Å²) in [6.45, 7) is 15.9. The lowest BCUT2D eigenvalue weighted by atomic mass is 9.88. The summed E-state index contributed by atoms with van der Waals surface area (Å²) in [5, 5.41) is 0. The molecule has 5 rings (SSSR count). The number of ketones is 2. The third-order valence-corrected chi connectivity index (χ3v) is 8.57. The van der Waals surface area contributed by atoms with E-state index in [0.29, 0.717) is 26.4 Å². The van der Waals surface area contributed by atoms with E-state index in [0.717, 1.165) is 48.4 Å². The molecule has 0 saturated carbocycles. The lowest BCUT2D eigenvalue weighted by Crippen LogP contribution is -2.54. The van der Waals surface area contributed by atoms with Gasteiger partial charge in [-0.3, -0.25) is 19.4 Å². The van der Waals surface area contributed by atoms with Crippen molar-refractivity contribution >= 4 is 11.6 Å². The van der Waals surface area contributed by atoms with E-state index in [1.54, 1.807) is 0 Å². The van der Waals surface area contributed by atoms with Gasteiger partial charge < -0.3 is 9.47 Å². The van der Waals surface area contributed by atoms with Gasteiger partial charge in [0.1, 0.15) is 0 Å². The molecule has 192 valence electrons. The molecule has 6 heteroatoms. The highest BCUT2D eigenvalue weighted by Crippen LogP contribution is 2.46. The van der Waals surface area contributed by atoms with Gasteiger partial charge in [0.25, 0.3) is 0 Å². The van der Waals surface area contributed by atoms with Crippen molar-refractivity contribution in [3.8, 4) is 11.1 Å². The predicted molar refractivity (Wildman–Crippen MR) is 141 cm³/mol. The van der Waals surface area contributed by atoms with Crippen LogP contribution in [0.25, 0.3) is 11.1 Å². The van der Waals surface area contributed by atoms with Crippen LogP contribution in [0.5, 0.6) is 0 Å². The first-order valence-electron chi connectivity index (χ1n) is 13.2. The Labute approximate surface area is 214 Å². The van der Waals surface area contributed by atoms with Gasteiger partial charge in [0.05, 0.1) is 37.5 Å². The van der Waals surface area contributed by atoms with Gasteiger partial charge >= 0.3 is 0 Å². The molecule has 3 aliphatic rings. The molecule has 0 radical (unpaired) electrons. The summed E-state index contributed by atoms with van der Waals surface area (Å²) in [5.74, 6) is 0.464. The van der Waals surface area contributed by atoms with E-state index in [1.807, 2.05) is 52.0 Å². The average molecular weight is 491 g/mol. The molecule has 0 N–H and O–H groups in total. The van der Waals surface area contributed by atoms with Crippen LogP contribution in [-0.4, -0.2) is 85.1 Å². The summed E-state index contributed by atoms with van der Waals surface area (Å²) in [6, 6.07) is 12.2. The second kappa shape index (κ2) is 9.49. The Hall–Kier alpha value is -2.38. The Balaban J connectivity index is 1.47. The molecule has 2 aromatic carbocycles. The van der Waals surface area contributed by atoms with Crippen LogP contribution in [0.4, 0.5) is 0 Å². The van der Waals surface area contributed by atoms with Crippen LogP contribution in [0.3, 0.4) is 0 Å². The molecule has 6 nitrogen and oxygen atoms in total. The van der Waals surface area contributed by atoms with Crippen molar-refractivity contribution < 1.29 is 19.1 Å². The fourth-order valence-electron chi connectivity index (χ4n) is 6.02. The Morgan fingerprint density at radius 1 is 0.694 bits per heavy atom. The van der Waals surface area contributed by atoms with Gasteiger partial charge in [-0.15, -0.1) is 0 Å². The Morgan fingerprint density at radius 2 is 1.06 bits per heavy atom. The van der Waals surface area contributed by atoms with Crippen molar-refractivity contribution in [3.63, 3.8) is 0 Å². The molecule has 2 aliphatic heterocycles. The number of hydrogen-bond acceptors (Lipinski definition) is 6. The highest BCUT2D eigenvalue weighted by atomic mass is 16.5. The van der Waals surface area contributed by atoms with Crippen molar-refractivity contribution in [1.82, 2.24) is 9.80 Å². The number of ether oxygens (including phenoxy) is 2. The fourth-order valence-corrected chi connectivity index (χ4v) is 6.02. The molecular formula is C30H38N2O4. The number of Topliss-reactive ketones (excluding diaryl/α,β-unsaturated/α-hetero) is 2. The number of carbonyl (C=O) groups is 2. The molecule has 2 heterocycles. The maximum Gasteiger partial charge on any atom is 0.182 e. The van der Waals surface area contributed by atoms with Crippen molar-refractivity contribution in [2.45, 2.75) is 51.6 Å². The summed E-state index contributed by atoms with van der Waals surface area (Å²) >= 11 is 0. The van der Waals surface area contributed by atoms with E-state index >= 15 is 0 Å². The van der Waals surface area contributed by atoms with E-state index in [-0.39, 0.29) is 17.5 Å². The normalized spacial score (nSPS) is 19.7. The van der Waals surface area contributed by atoms with Gasteiger partial charge in [0.2, 0.25) is 0 Å². The molecule has 36 heavy (non-hydrogen) atoms. The van der Waals surface area contributed by atoms with Crippen molar-refractivity contribution in [3.05, 3.63) is 58.7 Å². The number of fused-ring (bicyclic) bond motifs is 3. The SMILES string of the molecule is CC1c2ccc(C(=O)C(C)(C)N3CCOCC3)cc2-c2cc(C(=O)C(C)(C)N3CCOCC3)ccc21. The molecule has 0 bridgehead atoms. The Bertz CT molecular complexity index is 1080. The summed E-state index contributed by atoms with van der Waals surface area (Å²) in [4.78, 5) is 31.8. The van der Waals surface area contributed by atoms with Crippen LogP contribution in [0, 0.1) is 0 Å². The number of hydrogen-bond donors (Lipinski definition) is 0. The Morgan fingerprint density at radius 3 is 1.42 bits per heavy atom. The van der Waals surface area contributed by atoms with Crippen LogP contribution in [0.15, 0.2) is 36.4 Å². The molecule has 1 aliphatic carbocycles. The number of nitrogens with zero attached hydrogens (tertiary/aromatic N) is 2. The fraction of sp³-hybridized carbons (Fsp3) is 0.533. The summed E-state index contributed by atoms with van der Waals surface area (Å²) in [7, 11) is 0. The lowest BCUT2D eigenvalue weighted by Gasteiger charge is -2.39. The third kappa shape index (κ3) is 4.24. The second-order valence-electron chi connectivity index (χ2n) is 11.3. The molecule has 0 atom stereocenters. The van der Waals surface area contributed by atoms with Crippen molar-refractivity contribution in [2.24, 2.45) is 0 Å². The first kappa shape index (κ1) is 25.3. The van der Waals surface area contributed by atoms with Crippen molar-refractivity contribution in [2.75, 3.05) is 52.6 Å². The van der Waals surface area contributed by atoms with Gasteiger partial charge in [-0.1, -0.05) is 31.2 Å². The zero-order valence-corrected chi connectivity index (χ0v) is 22.2. The summed E-state index contributed by atoms with van der Waals surface area (Å²) in [6.07, 6.45) is 0. The molecule has 0 spiro atoms. The van der Waals surface area contributed by atoms with E-state index in [1.165, 1.54) is 11.1 Å². The second-order valence-corrected chi connectivity index (χ2v) is 11.3. The van der Waals surface area contributed by atoms with E-state index in [2.05, 4.69) is 28.9 Å². The highest BCUT2D eigenvalue weighted by Gasteiger charge is 2.39. The van der Waals surface area contributed by atoms with Crippen LogP contribution < -0.4 is 0 Å². The molecule has 2 saturated heterocycles. The predicted octanol–water partition coefficient (Wildman–Crippen LogP) is 4.41. The first-order valence-corrected chi connectivity index (χ1v) is 13.2. The number of carbonyl (C=O) groups excluding carboxylic acids is 2. The maximum atomic E-state index is 13.7. The molecule has 2 aromatic rings. The zero-order chi connectivity index (χ0) is 25.7.